The number of carbonyl (C=O) groups is 1. The lowest BCUT2D eigenvalue weighted by molar-refractivity contribution is -0.124. The highest BCUT2D eigenvalue weighted by Crippen LogP contribution is 2.39. The number of hydrazine groups is 1. The predicted octanol–water partition coefficient (Wildman–Crippen LogP) is 3.51. The van der Waals surface area contributed by atoms with Gasteiger partial charge in [0.25, 0.3) is 11.8 Å². The summed E-state index contributed by atoms with van der Waals surface area (Å²) >= 11 is 0. The highest BCUT2D eigenvalue weighted by molar-refractivity contribution is 6.10. The van der Waals surface area contributed by atoms with Gasteiger partial charge in [0.2, 0.25) is 0 Å². The molecule has 0 spiro atoms. The van der Waals surface area contributed by atoms with Crippen molar-refractivity contribution >= 4 is 22.9 Å². The number of benzene rings is 1. The minimum atomic E-state index is -2.72. The third kappa shape index (κ3) is 4.75. The van der Waals surface area contributed by atoms with Crippen LogP contribution in [0.2, 0.25) is 0 Å². The molecule has 1 aromatic carbocycles. The first-order valence-electron chi connectivity index (χ1n) is 10.8. The number of nitrogens with two attached hydrogens (primary N) is 2. The maximum absolute atomic E-state index is 13.2. The van der Waals surface area contributed by atoms with Crippen molar-refractivity contribution in [3.05, 3.63) is 71.8 Å². The van der Waals surface area contributed by atoms with Crippen molar-refractivity contribution in [2.45, 2.75) is 39.2 Å². The van der Waals surface area contributed by atoms with Gasteiger partial charge in [-0.3, -0.25) is 9.89 Å². The zero-order chi connectivity index (χ0) is 24.7. The molecule has 0 saturated heterocycles. The Morgan fingerprint density at radius 1 is 1.25 bits per heavy atom. The van der Waals surface area contributed by atoms with E-state index in [1.165, 1.54) is 6.20 Å². The summed E-state index contributed by atoms with van der Waals surface area (Å²) in [5, 5.41) is 18.9. The second-order valence-corrected chi connectivity index (χ2v) is 8.56. The lowest BCUT2D eigenvalue weighted by Crippen LogP contribution is -2.52. The van der Waals surface area contributed by atoms with E-state index < -0.39 is 12.0 Å². The number of halogens is 2. The molecule has 1 saturated carbocycles. The van der Waals surface area contributed by atoms with Gasteiger partial charge in [-0.15, -0.1) is 5.10 Å². The molecule has 1 aliphatic rings. The van der Waals surface area contributed by atoms with Crippen molar-refractivity contribution in [2.75, 3.05) is 5.32 Å². The van der Waals surface area contributed by atoms with E-state index in [4.69, 9.17) is 11.6 Å². The Hall–Kier alpha value is -4.32. The molecule has 1 amide bonds. The SMILES string of the molecule is C.Cc1ccc(/C(N)=N/N(N)C2CC(F)(F)C2)cc1NC(=O)c1cnn2ccc(-c3cn[nH]c3)cc12. The van der Waals surface area contributed by atoms with Crippen LogP contribution in [0.4, 0.5) is 14.5 Å². The van der Waals surface area contributed by atoms with Crippen LogP contribution in [0.15, 0.2) is 60.2 Å². The molecule has 12 heteroatoms. The van der Waals surface area contributed by atoms with Crippen LogP contribution in [0.5, 0.6) is 0 Å². The fourth-order valence-electron chi connectivity index (χ4n) is 3.93. The Kier molecular flexibility index (Phi) is 6.46. The summed E-state index contributed by atoms with van der Waals surface area (Å²) in [6.45, 7) is 1.84. The molecule has 0 unspecified atom stereocenters. The first-order valence-corrected chi connectivity index (χ1v) is 10.8. The number of hydrazone groups is 1. The fourth-order valence-corrected chi connectivity index (χ4v) is 3.93. The second-order valence-electron chi connectivity index (χ2n) is 8.56. The number of nitrogens with one attached hydrogen (secondary N) is 2. The number of carbonyl (C=O) groups excluding carboxylic acids is 1. The third-order valence-electron chi connectivity index (χ3n) is 6.05. The molecule has 6 N–H and O–H groups in total. The number of nitrogens with zero attached hydrogens (tertiary/aromatic N) is 5. The molecule has 36 heavy (non-hydrogen) atoms. The maximum Gasteiger partial charge on any atom is 0.259 e. The fraction of sp³-hybridized carbons (Fsp3) is 0.250. The summed E-state index contributed by atoms with van der Waals surface area (Å²) in [6, 6.07) is 8.33. The molecule has 3 heterocycles. The van der Waals surface area contributed by atoms with E-state index in [0.717, 1.165) is 21.8 Å². The first-order chi connectivity index (χ1) is 16.7. The van der Waals surface area contributed by atoms with Gasteiger partial charge in [-0.2, -0.15) is 10.2 Å². The number of anilines is 1. The van der Waals surface area contributed by atoms with Gasteiger partial charge in [-0.05, 0) is 36.2 Å². The van der Waals surface area contributed by atoms with Crippen LogP contribution in [0.3, 0.4) is 0 Å². The van der Waals surface area contributed by atoms with Gasteiger partial charge in [0.1, 0.15) is 0 Å². The van der Waals surface area contributed by atoms with E-state index >= 15 is 0 Å². The number of hydrogen-bond donors (Lipinski definition) is 4. The van der Waals surface area contributed by atoms with Crippen LogP contribution in [-0.2, 0) is 0 Å². The Labute approximate surface area is 205 Å². The Bertz CT molecular complexity index is 1420. The largest absolute Gasteiger partial charge is 0.382 e. The standard InChI is InChI=1S/C23H23F2N9O.CH4/c1-13-2-3-15(21(26)32-34(27)17-8-23(24,25)9-17)6-19(13)31-22(35)18-12-30-33-5-4-14(7-20(18)33)16-10-28-29-11-16;/h2-7,10-12,17H,8-9,27H2,1H3,(H2,26,32)(H,28,29)(H,31,35);1H4. The van der Waals surface area contributed by atoms with Crippen LogP contribution in [0, 0.1) is 6.92 Å². The van der Waals surface area contributed by atoms with Crippen molar-refractivity contribution in [2.24, 2.45) is 16.7 Å². The van der Waals surface area contributed by atoms with Crippen LogP contribution in [-0.4, -0.2) is 48.6 Å². The van der Waals surface area contributed by atoms with E-state index in [-0.39, 0.29) is 32.0 Å². The van der Waals surface area contributed by atoms with Crippen molar-refractivity contribution in [1.29, 1.82) is 0 Å². The van der Waals surface area contributed by atoms with Crippen LogP contribution >= 0.6 is 0 Å². The van der Waals surface area contributed by atoms with Gasteiger partial charge < -0.3 is 11.1 Å². The van der Waals surface area contributed by atoms with Gasteiger partial charge in [-0.1, -0.05) is 19.6 Å². The number of fused-ring (bicyclic) bond motifs is 1. The molecule has 0 aliphatic heterocycles. The topological polar surface area (TPSA) is 143 Å². The van der Waals surface area contributed by atoms with Gasteiger partial charge >= 0.3 is 0 Å². The Morgan fingerprint density at radius 3 is 2.72 bits per heavy atom. The van der Waals surface area contributed by atoms with Gasteiger partial charge in [0.05, 0.1) is 29.5 Å². The quantitative estimate of drug-likeness (QED) is 0.140. The molecule has 3 aromatic heterocycles. The smallest absolute Gasteiger partial charge is 0.259 e. The molecular weight excluding hydrogens is 468 g/mol. The summed E-state index contributed by atoms with van der Waals surface area (Å²) in [5.74, 6) is 2.79. The molecule has 1 fully saturated rings. The molecule has 4 aromatic rings. The number of alkyl halides is 2. The minimum Gasteiger partial charge on any atom is -0.382 e. The van der Waals surface area contributed by atoms with Crippen molar-refractivity contribution in [1.82, 2.24) is 24.9 Å². The molecule has 0 bridgehead atoms. The van der Waals surface area contributed by atoms with Crippen LogP contribution in [0.25, 0.3) is 16.6 Å². The molecular formula is C24H27F2N9O. The molecule has 0 atom stereocenters. The van der Waals surface area contributed by atoms with Crippen LogP contribution in [0.1, 0.15) is 41.8 Å². The van der Waals surface area contributed by atoms with E-state index in [1.54, 1.807) is 41.3 Å². The highest BCUT2D eigenvalue weighted by Gasteiger charge is 2.47. The van der Waals surface area contributed by atoms with E-state index in [2.05, 4.69) is 25.7 Å². The monoisotopic (exact) mass is 495 g/mol. The number of pyridine rings is 1. The number of hydrogen-bond acceptors (Lipinski definition) is 6. The molecule has 0 radical (unpaired) electrons. The normalized spacial score (nSPS) is 15.3. The molecule has 5 rings (SSSR count). The maximum atomic E-state index is 13.2. The number of rotatable bonds is 6. The zero-order valence-corrected chi connectivity index (χ0v) is 18.7. The zero-order valence-electron chi connectivity index (χ0n) is 18.7. The number of amides is 1. The first kappa shape index (κ1) is 24.8. The van der Waals surface area contributed by atoms with Crippen molar-refractivity contribution in [3.8, 4) is 11.1 Å². The summed E-state index contributed by atoms with van der Waals surface area (Å²) < 4.78 is 27.9. The third-order valence-corrected chi connectivity index (χ3v) is 6.05. The summed E-state index contributed by atoms with van der Waals surface area (Å²) in [6.07, 6.45) is 6.01. The Balaban J connectivity index is 0.00000304. The average molecular weight is 496 g/mol. The van der Waals surface area contributed by atoms with Gasteiger partial charge in [0.15, 0.2) is 5.84 Å². The summed E-state index contributed by atoms with van der Waals surface area (Å²) in [7, 11) is 0. The number of aromatic nitrogens is 4. The number of aryl methyl sites for hydroxylation is 1. The molecule has 188 valence electrons. The second kappa shape index (κ2) is 9.38. The van der Waals surface area contributed by atoms with E-state index in [9.17, 15) is 13.6 Å². The molecule has 1 aliphatic carbocycles. The summed E-state index contributed by atoms with van der Waals surface area (Å²) in [4.78, 5) is 13.2. The van der Waals surface area contributed by atoms with Gasteiger partial charge in [-0.25, -0.2) is 24.3 Å². The lowest BCUT2D eigenvalue weighted by atomic mass is 9.88. The molecule has 10 nitrogen and oxygen atoms in total. The Morgan fingerprint density at radius 2 is 2.03 bits per heavy atom. The summed E-state index contributed by atoms with van der Waals surface area (Å²) in [5.41, 5.74) is 10.7. The van der Waals surface area contributed by atoms with E-state index in [1.807, 2.05) is 19.1 Å². The van der Waals surface area contributed by atoms with Gasteiger partial charge in [0, 0.05) is 42.0 Å². The number of H-pyrrole nitrogens is 1. The van der Waals surface area contributed by atoms with E-state index in [0.29, 0.717) is 22.3 Å². The van der Waals surface area contributed by atoms with Crippen molar-refractivity contribution in [3.63, 3.8) is 0 Å². The van der Waals surface area contributed by atoms with Crippen LogP contribution < -0.4 is 16.9 Å². The number of aromatic amines is 1. The number of amidine groups is 1. The lowest BCUT2D eigenvalue weighted by Gasteiger charge is -2.38. The predicted molar refractivity (Wildman–Crippen MR) is 133 cm³/mol. The highest BCUT2D eigenvalue weighted by atomic mass is 19.3. The minimum absolute atomic E-state index is 0. The van der Waals surface area contributed by atoms with Crippen molar-refractivity contribution < 1.29 is 13.6 Å². The average Bonchev–Trinajstić information content (AvgIpc) is 3.48.